The Labute approximate surface area is 111 Å². The van der Waals surface area contributed by atoms with Crippen molar-refractivity contribution in [3.63, 3.8) is 0 Å². The smallest absolute Gasteiger partial charge is 0.126 e. The van der Waals surface area contributed by atoms with Crippen LogP contribution in [0.2, 0.25) is 0 Å². The van der Waals surface area contributed by atoms with Crippen molar-refractivity contribution in [2.24, 2.45) is 5.92 Å². The third-order valence-corrected chi connectivity index (χ3v) is 3.68. The Hall–Kier alpha value is -0.890. The first kappa shape index (κ1) is 15.2. The van der Waals surface area contributed by atoms with Crippen LogP contribution in [0.25, 0.3) is 0 Å². The quantitative estimate of drug-likeness (QED) is 0.746. The molecular formula is C16H26FN. The minimum Gasteiger partial charge on any atom is -0.310 e. The lowest BCUT2D eigenvalue weighted by Crippen LogP contribution is -2.28. The summed E-state index contributed by atoms with van der Waals surface area (Å²) in [6, 6.07) is 5.85. The van der Waals surface area contributed by atoms with E-state index < -0.39 is 0 Å². The van der Waals surface area contributed by atoms with Crippen molar-refractivity contribution >= 4 is 0 Å². The fourth-order valence-electron chi connectivity index (χ4n) is 2.48. The van der Waals surface area contributed by atoms with Gasteiger partial charge in [0.15, 0.2) is 0 Å². The summed E-state index contributed by atoms with van der Waals surface area (Å²) in [5, 5.41) is 3.61. The predicted molar refractivity (Wildman–Crippen MR) is 76.2 cm³/mol. The topological polar surface area (TPSA) is 12.0 Å². The first-order valence-corrected chi connectivity index (χ1v) is 7.13. The van der Waals surface area contributed by atoms with Crippen LogP contribution >= 0.6 is 0 Å². The molecule has 0 spiro atoms. The molecule has 1 unspecified atom stereocenters. The van der Waals surface area contributed by atoms with Crippen molar-refractivity contribution in [2.45, 2.75) is 53.0 Å². The highest BCUT2D eigenvalue weighted by molar-refractivity contribution is 5.27. The summed E-state index contributed by atoms with van der Waals surface area (Å²) in [6.07, 6.45) is 3.42. The number of hydrogen-bond acceptors (Lipinski definition) is 1. The summed E-state index contributed by atoms with van der Waals surface area (Å²) < 4.78 is 13.4. The van der Waals surface area contributed by atoms with Gasteiger partial charge >= 0.3 is 0 Å². The van der Waals surface area contributed by atoms with Gasteiger partial charge in [-0.25, -0.2) is 4.39 Å². The Kier molecular flexibility index (Phi) is 6.34. The van der Waals surface area contributed by atoms with E-state index in [0.29, 0.717) is 12.0 Å². The molecule has 1 aromatic rings. The minimum atomic E-state index is -0.113. The van der Waals surface area contributed by atoms with Crippen molar-refractivity contribution in [1.29, 1.82) is 0 Å². The van der Waals surface area contributed by atoms with Crippen molar-refractivity contribution in [1.82, 2.24) is 5.32 Å². The molecule has 1 nitrogen and oxygen atoms in total. The lowest BCUT2D eigenvalue weighted by molar-refractivity contribution is 0.341. The van der Waals surface area contributed by atoms with Gasteiger partial charge < -0.3 is 5.32 Å². The van der Waals surface area contributed by atoms with Gasteiger partial charge in [0.25, 0.3) is 0 Å². The molecule has 0 saturated carbocycles. The molecule has 1 N–H and O–H groups in total. The van der Waals surface area contributed by atoms with E-state index in [-0.39, 0.29) is 5.82 Å². The van der Waals surface area contributed by atoms with Crippen LogP contribution in [0, 0.1) is 18.7 Å². The Balaban J connectivity index is 2.96. The van der Waals surface area contributed by atoms with Crippen LogP contribution in [0.4, 0.5) is 4.39 Å². The van der Waals surface area contributed by atoms with Crippen molar-refractivity contribution in [3.8, 4) is 0 Å². The van der Waals surface area contributed by atoms with Crippen LogP contribution in [0.15, 0.2) is 18.2 Å². The number of hydrogen-bond donors (Lipinski definition) is 1. The number of halogens is 1. The van der Waals surface area contributed by atoms with Gasteiger partial charge in [0.1, 0.15) is 5.82 Å². The molecular weight excluding hydrogens is 225 g/mol. The summed E-state index contributed by atoms with van der Waals surface area (Å²) in [6.45, 7) is 9.48. The third-order valence-electron chi connectivity index (χ3n) is 3.68. The van der Waals surface area contributed by atoms with E-state index in [1.54, 1.807) is 6.07 Å². The zero-order chi connectivity index (χ0) is 13.5. The van der Waals surface area contributed by atoms with Gasteiger partial charge in [-0.2, -0.15) is 0 Å². The van der Waals surface area contributed by atoms with Crippen LogP contribution in [-0.4, -0.2) is 6.54 Å². The zero-order valence-corrected chi connectivity index (χ0v) is 12.1. The summed E-state index contributed by atoms with van der Waals surface area (Å²) >= 11 is 0. The Morgan fingerprint density at radius 1 is 1.17 bits per heavy atom. The lowest BCUT2D eigenvalue weighted by Gasteiger charge is -2.27. The van der Waals surface area contributed by atoms with E-state index in [0.717, 1.165) is 31.4 Å². The molecule has 18 heavy (non-hydrogen) atoms. The minimum absolute atomic E-state index is 0.113. The van der Waals surface area contributed by atoms with Crippen molar-refractivity contribution in [3.05, 3.63) is 35.1 Å². The Morgan fingerprint density at radius 2 is 1.83 bits per heavy atom. The van der Waals surface area contributed by atoms with Gasteiger partial charge in [0, 0.05) is 6.04 Å². The van der Waals surface area contributed by atoms with Gasteiger partial charge in [-0.15, -0.1) is 0 Å². The third kappa shape index (κ3) is 3.81. The van der Waals surface area contributed by atoms with Crippen LogP contribution in [-0.2, 0) is 0 Å². The molecule has 0 aliphatic heterocycles. The van der Waals surface area contributed by atoms with Crippen LogP contribution < -0.4 is 5.32 Å². The van der Waals surface area contributed by atoms with E-state index in [1.807, 2.05) is 19.1 Å². The molecule has 0 aromatic heterocycles. The predicted octanol–water partition coefficient (Wildman–Crippen LogP) is 4.61. The fourth-order valence-corrected chi connectivity index (χ4v) is 2.48. The number of benzene rings is 1. The summed E-state index contributed by atoms with van der Waals surface area (Å²) in [7, 11) is 0. The molecule has 0 aliphatic rings. The second-order valence-corrected chi connectivity index (χ2v) is 5.02. The molecule has 0 radical (unpaired) electrons. The molecule has 0 heterocycles. The van der Waals surface area contributed by atoms with Gasteiger partial charge in [-0.3, -0.25) is 0 Å². The first-order chi connectivity index (χ1) is 8.63. The van der Waals surface area contributed by atoms with Gasteiger partial charge in [-0.05, 0) is 43.0 Å². The van der Waals surface area contributed by atoms with E-state index in [2.05, 4.69) is 26.1 Å². The van der Waals surface area contributed by atoms with Crippen LogP contribution in [0.3, 0.4) is 0 Å². The van der Waals surface area contributed by atoms with Gasteiger partial charge in [0.2, 0.25) is 0 Å². The largest absolute Gasteiger partial charge is 0.310 e. The monoisotopic (exact) mass is 251 g/mol. The normalized spacial score (nSPS) is 13.0. The maximum absolute atomic E-state index is 13.4. The molecule has 0 saturated heterocycles. The first-order valence-electron chi connectivity index (χ1n) is 7.13. The second-order valence-electron chi connectivity index (χ2n) is 5.02. The number of nitrogens with one attached hydrogen (secondary N) is 1. The molecule has 102 valence electrons. The van der Waals surface area contributed by atoms with E-state index in [1.165, 1.54) is 5.56 Å². The highest BCUT2D eigenvalue weighted by Crippen LogP contribution is 2.28. The molecule has 1 rings (SSSR count). The Morgan fingerprint density at radius 3 is 2.33 bits per heavy atom. The average Bonchev–Trinajstić information content (AvgIpc) is 2.38. The SMILES string of the molecule is CCCNC(c1ccc(F)c(C)c1)C(CC)CC. The summed E-state index contributed by atoms with van der Waals surface area (Å²) in [5.41, 5.74) is 1.96. The fraction of sp³-hybridized carbons (Fsp3) is 0.625. The molecule has 1 atom stereocenters. The number of rotatable bonds is 7. The zero-order valence-electron chi connectivity index (χ0n) is 12.1. The number of aryl methyl sites for hydroxylation is 1. The van der Waals surface area contributed by atoms with E-state index in [9.17, 15) is 4.39 Å². The van der Waals surface area contributed by atoms with E-state index in [4.69, 9.17) is 0 Å². The maximum Gasteiger partial charge on any atom is 0.126 e. The maximum atomic E-state index is 13.4. The van der Waals surface area contributed by atoms with Crippen molar-refractivity contribution in [2.75, 3.05) is 6.54 Å². The highest BCUT2D eigenvalue weighted by atomic mass is 19.1. The molecule has 0 amide bonds. The molecule has 0 fully saturated rings. The van der Waals surface area contributed by atoms with Crippen LogP contribution in [0.1, 0.15) is 57.2 Å². The van der Waals surface area contributed by atoms with E-state index >= 15 is 0 Å². The molecule has 2 heteroatoms. The molecule has 0 aliphatic carbocycles. The molecule has 1 aromatic carbocycles. The van der Waals surface area contributed by atoms with Gasteiger partial charge in [0.05, 0.1) is 0 Å². The highest BCUT2D eigenvalue weighted by Gasteiger charge is 2.20. The summed E-state index contributed by atoms with van der Waals surface area (Å²) in [5.74, 6) is 0.499. The average molecular weight is 251 g/mol. The lowest BCUT2D eigenvalue weighted by atomic mass is 9.88. The molecule has 0 bridgehead atoms. The van der Waals surface area contributed by atoms with Gasteiger partial charge in [-0.1, -0.05) is 45.7 Å². The standard InChI is InChI=1S/C16H26FN/c1-5-10-18-16(13(6-2)7-3)14-8-9-15(17)12(4)11-14/h8-9,11,13,16,18H,5-7,10H2,1-4H3. The van der Waals surface area contributed by atoms with Crippen LogP contribution in [0.5, 0.6) is 0 Å². The second kappa shape index (κ2) is 7.52. The Bertz CT molecular complexity index is 358. The van der Waals surface area contributed by atoms with Crippen molar-refractivity contribution < 1.29 is 4.39 Å². The summed E-state index contributed by atoms with van der Waals surface area (Å²) in [4.78, 5) is 0.